The molecule has 22 heavy (non-hydrogen) atoms. The summed E-state index contributed by atoms with van der Waals surface area (Å²) in [6.45, 7) is 0. The van der Waals surface area contributed by atoms with Crippen LogP contribution in [0.15, 0.2) is 28.9 Å². The van der Waals surface area contributed by atoms with E-state index in [0.29, 0.717) is 16.3 Å². The molecule has 1 N–H and O–H groups in total. The van der Waals surface area contributed by atoms with Gasteiger partial charge < -0.3 is 9.26 Å². The molecule has 0 aliphatic heterocycles. The lowest BCUT2D eigenvalue weighted by Gasteiger charge is -2.04. The van der Waals surface area contributed by atoms with Crippen LogP contribution in [0.5, 0.6) is 5.75 Å². The summed E-state index contributed by atoms with van der Waals surface area (Å²) in [7, 11) is 1.49. The van der Waals surface area contributed by atoms with Crippen molar-refractivity contribution in [2.45, 2.75) is 0 Å². The van der Waals surface area contributed by atoms with Crippen molar-refractivity contribution in [3.63, 3.8) is 0 Å². The minimum absolute atomic E-state index is 0.0322. The number of aromatic nitrogens is 4. The van der Waals surface area contributed by atoms with E-state index in [1.165, 1.54) is 7.11 Å². The van der Waals surface area contributed by atoms with Crippen LogP contribution in [0, 0.1) is 10.1 Å². The van der Waals surface area contributed by atoms with Crippen molar-refractivity contribution in [3.05, 3.63) is 39.5 Å². The van der Waals surface area contributed by atoms with Gasteiger partial charge in [-0.1, -0.05) is 16.8 Å². The van der Waals surface area contributed by atoms with Gasteiger partial charge >= 0.3 is 5.69 Å². The third-order valence-electron chi connectivity index (χ3n) is 2.86. The minimum Gasteiger partial charge on any atom is -0.496 e. The number of nitrogens with zero attached hydrogens (tertiary/aromatic N) is 4. The summed E-state index contributed by atoms with van der Waals surface area (Å²) in [6, 6.07) is 4.92. The second-order valence-corrected chi connectivity index (χ2v) is 4.59. The third kappa shape index (κ3) is 2.37. The second kappa shape index (κ2) is 5.45. The molecule has 0 radical (unpaired) electrons. The summed E-state index contributed by atoms with van der Waals surface area (Å²) in [4.78, 5) is 14.4. The first-order valence-electron chi connectivity index (χ1n) is 5.96. The van der Waals surface area contributed by atoms with E-state index >= 15 is 0 Å². The molecule has 9 nitrogen and oxygen atoms in total. The molecule has 0 aliphatic rings. The molecule has 3 rings (SSSR count). The first-order chi connectivity index (χ1) is 10.6. The smallest absolute Gasteiger partial charge is 0.319 e. The Hall–Kier alpha value is -2.94. The number of rotatable bonds is 4. The third-order valence-corrected chi connectivity index (χ3v) is 3.09. The van der Waals surface area contributed by atoms with E-state index in [1.807, 2.05) is 0 Å². The Morgan fingerprint density at radius 3 is 3.00 bits per heavy atom. The van der Waals surface area contributed by atoms with Gasteiger partial charge in [0.25, 0.3) is 5.89 Å². The van der Waals surface area contributed by atoms with Gasteiger partial charge in [-0.25, -0.2) is 0 Å². The van der Waals surface area contributed by atoms with Gasteiger partial charge in [0.05, 0.1) is 17.6 Å². The normalized spacial score (nSPS) is 10.6. The number of nitrogens with one attached hydrogen (secondary N) is 1. The van der Waals surface area contributed by atoms with Crippen LogP contribution >= 0.6 is 11.6 Å². The summed E-state index contributed by atoms with van der Waals surface area (Å²) in [5.74, 6) is 0.635. The number of H-pyrrole nitrogens is 1. The monoisotopic (exact) mass is 321 g/mol. The Bertz CT molecular complexity index is 844. The Kier molecular flexibility index (Phi) is 3.47. The van der Waals surface area contributed by atoms with E-state index in [9.17, 15) is 10.1 Å². The largest absolute Gasteiger partial charge is 0.496 e. The van der Waals surface area contributed by atoms with Crippen molar-refractivity contribution in [1.29, 1.82) is 0 Å². The average molecular weight is 322 g/mol. The number of benzene rings is 1. The van der Waals surface area contributed by atoms with E-state index < -0.39 is 4.92 Å². The van der Waals surface area contributed by atoms with Gasteiger partial charge in [0.15, 0.2) is 0 Å². The molecule has 0 saturated carbocycles. The van der Waals surface area contributed by atoms with E-state index in [2.05, 4.69) is 20.3 Å². The molecule has 0 aliphatic carbocycles. The summed E-state index contributed by atoms with van der Waals surface area (Å²) in [5.41, 5.74) is 0.283. The maximum atomic E-state index is 10.9. The topological polar surface area (TPSA) is 120 Å². The van der Waals surface area contributed by atoms with Crippen molar-refractivity contribution in [2.24, 2.45) is 0 Å². The molecule has 0 saturated heterocycles. The molecule has 2 aromatic heterocycles. The standard InChI is InChI=1S/C12H8ClN5O4/c1-21-9-3-2-6(13)4-7(9)11-15-12(22-17-11)10-8(18(19)20)5-14-16-10/h2-5H,1H3,(H,14,16). The zero-order chi connectivity index (χ0) is 15.7. The lowest BCUT2D eigenvalue weighted by molar-refractivity contribution is -0.384. The van der Waals surface area contributed by atoms with Crippen molar-refractivity contribution in [3.8, 4) is 28.7 Å². The second-order valence-electron chi connectivity index (χ2n) is 4.16. The fraction of sp³-hybridized carbons (Fsp3) is 0.0833. The zero-order valence-electron chi connectivity index (χ0n) is 11.1. The van der Waals surface area contributed by atoms with Crippen molar-refractivity contribution >= 4 is 17.3 Å². The Morgan fingerprint density at radius 2 is 2.27 bits per heavy atom. The van der Waals surface area contributed by atoms with Crippen LogP contribution in [0.1, 0.15) is 0 Å². The van der Waals surface area contributed by atoms with Crippen LogP contribution in [0.2, 0.25) is 5.02 Å². The Labute approximate surface area is 128 Å². The van der Waals surface area contributed by atoms with E-state index in [1.54, 1.807) is 18.2 Å². The van der Waals surface area contributed by atoms with Crippen LogP contribution in [0.4, 0.5) is 5.69 Å². The highest BCUT2D eigenvalue weighted by Gasteiger charge is 2.24. The lowest BCUT2D eigenvalue weighted by atomic mass is 10.2. The average Bonchev–Trinajstić information content (AvgIpc) is 3.15. The van der Waals surface area contributed by atoms with Crippen LogP contribution in [-0.2, 0) is 0 Å². The fourth-order valence-electron chi connectivity index (χ4n) is 1.86. The highest BCUT2D eigenvalue weighted by molar-refractivity contribution is 6.30. The van der Waals surface area contributed by atoms with Crippen molar-refractivity contribution in [2.75, 3.05) is 7.11 Å². The molecule has 0 amide bonds. The number of halogens is 1. The number of aromatic amines is 1. The molecule has 0 bridgehead atoms. The SMILES string of the molecule is COc1ccc(Cl)cc1-c1noc(-c2[nH]ncc2[N+](=O)[O-])n1. The molecule has 0 spiro atoms. The summed E-state index contributed by atoms with van der Waals surface area (Å²) >= 11 is 5.95. The molecule has 0 atom stereocenters. The maximum absolute atomic E-state index is 10.9. The van der Waals surface area contributed by atoms with Gasteiger partial charge in [0, 0.05) is 5.02 Å². The fourth-order valence-corrected chi connectivity index (χ4v) is 2.04. The van der Waals surface area contributed by atoms with Gasteiger partial charge in [-0.05, 0) is 18.2 Å². The van der Waals surface area contributed by atoms with Crippen LogP contribution in [0.3, 0.4) is 0 Å². The molecule has 0 fully saturated rings. The maximum Gasteiger partial charge on any atom is 0.319 e. The van der Waals surface area contributed by atoms with E-state index in [-0.39, 0.29) is 23.1 Å². The van der Waals surface area contributed by atoms with Crippen LogP contribution < -0.4 is 4.74 Å². The van der Waals surface area contributed by atoms with Gasteiger partial charge in [-0.2, -0.15) is 10.1 Å². The van der Waals surface area contributed by atoms with E-state index in [0.717, 1.165) is 6.20 Å². The van der Waals surface area contributed by atoms with Gasteiger partial charge in [0.2, 0.25) is 11.5 Å². The quantitative estimate of drug-likeness (QED) is 0.579. The highest BCUT2D eigenvalue weighted by Crippen LogP contribution is 2.33. The minimum atomic E-state index is -0.595. The first-order valence-corrected chi connectivity index (χ1v) is 6.33. The van der Waals surface area contributed by atoms with Crippen molar-refractivity contribution < 1.29 is 14.2 Å². The van der Waals surface area contributed by atoms with Crippen molar-refractivity contribution in [1.82, 2.24) is 20.3 Å². The predicted molar refractivity (Wildman–Crippen MR) is 75.5 cm³/mol. The zero-order valence-corrected chi connectivity index (χ0v) is 11.9. The Balaban J connectivity index is 2.06. The molecule has 112 valence electrons. The number of ether oxygens (including phenoxy) is 1. The number of nitro groups is 1. The molecule has 0 unspecified atom stereocenters. The molecular weight excluding hydrogens is 314 g/mol. The molecule has 3 aromatic rings. The van der Waals surface area contributed by atoms with E-state index in [4.69, 9.17) is 20.9 Å². The molecular formula is C12H8ClN5O4. The highest BCUT2D eigenvalue weighted by atomic mass is 35.5. The summed E-state index contributed by atoms with van der Waals surface area (Å²) in [5, 5.41) is 21.2. The summed E-state index contributed by atoms with van der Waals surface area (Å²) < 4.78 is 10.3. The van der Waals surface area contributed by atoms with Gasteiger partial charge in [-0.15, -0.1) is 0 Å². The Morgan fingerprint density at radius 1 is 1.45 bits per heavy atom. The first kappa shape index (κ1) is 14.0. The molecule has 10 heteroatoms. The van der Waals surface area contributed by atoms with Gasteiger partial charge in [0.1, 0.15) is 11.9 Å². The number of methoxy groups -OCH3 is 1. The molecule has 2 heterocycles. The molecule has 1 aromatic carbocycles. The van der Waals surface area contributed by atoms with Gasteiger partial charge in [-0.3, -0.25) is 15.2 Å². The van der Waals surface area contributed by atoms with Crippen LogP contribution in [0.25, 0.3) is 23.0 Å². The summed E-state index contributed by atoms with van der Waals surface area (Å²) in [6.07, 6.45) is 1.07. The van der Waals surface area contributed by atoms with Crippen LogP contribution in [-0.4, -0.2) is 32.4 Å². The number of hydrogen-bond donors (Lipinski definition) is 1. The predicted octanol–water partition coefficient (Wildman–Crippen LogP) is 2.70. The number of hydrogen-bond acceptors (Lipinski definition) is 7. The lowest BCUT2D eigenvalue weighted by Crippen LogP contribution is -1.91.